The lowest BCUT2D eigenvalue weighted by Crippen LogP contribution is -2.25. The summed E-state index contributed by atoms with van der Waals surface area (Å²) >= 11 is 0. The third-order valence-electron chi connectivity index (χ3n) is 11.2. The molecule has 26 heteroatoms. The molecule has 0 bridgehead atoms. The second kappa shape index (κ2) is 29.9. The molecule has 0 amide bonds. The number of nitrogens with zero attached hydrogens (tertiary/aromatic N) is 6. The van der Waals surface area contributed by atoms with Gasteiger partial charge in [0.1, 0.15) is 36.1 Å². The van der Waals surface area contributed by atoms with Gasteiger partial charge in [-0.15, -0.1) is 0 Å². The van der Waals surface area contributed by atoms with Crippen LogP contribution in [0, 0.1) is 0 Å². The van der Waals surface area contributed by atoms with E-state index < -0.39 is 41.1 Å². The number of phenols is 1. The van der Waals surface area contributed by atoms with Crippen LogP contribution in [0.2, 0.25) is 0 Å². The molecule has 6 rings (SSSR count). The molecule has 82 heavy (non-hydrogen) atoms. The smallest absolute Gasteiger partial charge is 0.306 e. The van der Waals surface area contributed by atoms with Gasteiger partial charge in [0.05, 0.1) is 79.8 Å². The second-order valence-corrected chi connectivity index (χ2v) is 26.2. The Morgan fingerprint density at radius 3 is 1.15 bits per heavy atom. The van der Waals surface area contributed by atoms with Crippen LogP contribution in [0.5, 0.6) is 17.2 Å². The molecule has 6 aromatic rings. The molecule has 3 heterocycles. The number of sulfone groups is 3. The monoisotopic (exact) mass is 1200 g/mol. The zero-order chi connectivity index (χ0) is 61.2. The summed E-state index contributed by atoms with van der Waals surface area (Å²) in [6.07, 6.45) is 0.949. The third kappa shape index (κ3) is 21.0. The standard InChI is InChI=1S/C24H31FN2O6S.C18H22FN3O4S.C14H16N2O4S/c1-17(2)27-22(28)12-7-19(26-27)16-34(30,31)21-10-8-20(9-11-21)32-15-18(14-25)6-13-23(29)33-24(3,4)5;1-13(2)22-18(23)8-3-15(21-22)12-27(24,25)17-6-4-16(5-7-17)26-11-14(9-19)10-20;1-10(2)16-14(18)8-3-11(15-16)9-21(19,20)13-6-4-12(17)5-7-13/h7-12,14,17H,6,13,15-16H2,1-5H3;3-9,13H,10-12,20H2,1-2H3;3-8,10,17H,9H2,1-2H3/b18-14+;14-9+;. The minimum absolute atomic E-state index is 0.000400. The molecule has 0 aliphatic rings. The van der Waals surface area contributed by atoms with E-state index in [2.05, 4.69) is 15.3 Å². The minimum Gasteiger partial charge on any atom is -0.508 e. The van der Waals surface area contributed by atoms with Gasteiger partial charge in [-0.1, -0.05) is 0 Å². The molecule has 0 atom stereocenters. The van der Waals surface area contributed by atoms with Gasteiger partial charge in [-0.25, -0.2) is 48.1 Å². The Balaban J connectivity index is 0.000000272. The predicted molar refractivity (Wildman–Crippen MR) is 304 cm³/mol. The van der Waals surface area contributed by atoms with E-state index in [4.69, 9.17) is 19.9 Å². The molecule has 0 saturated carbocycles. The first-order valence-corrected chi connectivity index (χ1v) is 30.5. The van der Waals surface area contributed by atoms with Crippen molar-refractivity contribution < 1.29 is 58.1 Å². The van der Waals surface area contributed by atoms with Gasteiger partial charge >= 0.3 is 5.97 Å². The van der Waals surface area contributed by atoms with Crippen molar-refractivity contribution in [3.05, 3.63) is 181 Å². The van der Waals surface area contributed by atoms with E-state index in [9.17, 15) is 58.3 Å². The van der Waals surface area contributed by atoms with Gasteiger partial charge in [0.2, 0.25) is 0 Å². The molecule has 3 aromatic carbocycles. The van der Waals surface area contributed by atoms with Crippen molar-refractivity contribution in [2.75, 3.05) is 19.8 Å². The van der Waals surface area contributed by atoms with Crippen LogP contribution in [0.3, 0.4) is 0 Å². The average Bonchev–Trinajstić information content (AvgIpc) is 3.53. The van der Waals surface area contributed by atoms with Crippen LogP contribution in [0.25, 0.3) is 0 Å². The summed E-state index contributed by atoms with van der Waals surface area (Å²) in [5, 5.41) is 21.5. The highest BCUT2D eigenvalue weighted by Gasteiger charge is 2.22. The van der Waals surface area contributed by atoms with Crippen molar-refractivity contribution in [3.63, 3.8) is 0 Å². The van der Waals surface area contributed by atoms with Crippen LogP contribution >= 0.6 is 0 Å². The predicted octanol–water partition coefficient (Wildman–Crippen LogP) is 7.64. The molecule has 3 N–H and O–H groups in total. The molecule has 3 aromatic heterocycles. The lowest BCUT2D eigenvalue weighted by molar-refractivity contribution is -0.154. The molecule has 0 unspecified atom stereocenters. The molecular formula is C56H69F2N7O14S3. The summed E-state index contributed by atoms with van der Waals surface area (Å²) in [6, 6.07) is 24.5. The van der Waals surface area contributed by atoms with Gasteiger partial charge in [-0.3, -0.25) is 19.2 Å². The SMILES string of the molecule is CC(C)n1nc(CS(=O)(=O)c2ccc(O)cc2)ccc1=O.CC(C)n1nc(CS(=O)(=O)c2ccc(OC/C(=C/F)CCC(=O)OC(C)(C)C)cc2)ccc1=O.CC(C)n1nc(CS(=O)(=O)c2ccc(OC/C(=C/F)CN)cc2)ccc1=O. The fraction of sp³-hybridized carbons (Fsp3) is 0.375. The Hall–Kier alpha value is -7.68. The molecular weight excluding hydrogens is 1130 g/mol. The van der Waals surface area contributed by atoms with Crippen molar-refractivity contribution in [1.29, 1.82) is 0 Å². The average molecular weight is 1200 g/mol. The van der Waals surface area contributed by atoms with Gasteiger partial charge in [0.15, 0.2) is 29.5 Å². The maximum absolute atomic E-state index is 13.2. The Kier molecular flexibility index (Phi) is 24.3. The summed E-state index contributed by atoms with van der Waals surface area (Å²) in [7, 11) is -10.9. The number of hydrogen-bond acceptors (Lipinski definition) is 18. The molecule has 0 aliphatic carbocycles. The zero-order valence-corrected chi connectivity index (χ0v) is 49.4. The molecule has 444 valence electrons. The topological polar surface area (TPSA) is 298 Å². The number of halogens is 2. The van der Waals surface area contributed by atoms with E-state index in [1.165, 1.54) is 123 Å². The lowest BCUT2D eigenvalue weighted by Gasteiger charge is -2.19. The Morgan fingerprint density at radius 2 is 0.854 bits per heavy atom. The number of carbonyl (C=O) groups is 1. The number of benzene rings is 3. The van der Waals surface area contributed by atoms with E-state index in [-0.39, 0.29) is 128 Å². The number of rotatable bonds is 22. The number of carbonyl (C=O) groups excluding carboxylic acids is 1. The molecule has 0 aliphatic heterocycles. The molecule has 0 radical (unpaired) electrons. The number of esters is 1. The van der Waals surface area contributed by atoms with Crippen LogP contribution in [-0.4, -0.2) is 91.0 Å². The Labute approximate surface area is 475 Å². The Morgan fingerprint density at radius 1 is 0.537 bits per heavy atom. The van der Waals surface area contributed by atoms with Crippen LogP contribution in [-0.2, 0) is 56.3 Å². The first-order chi connectivity index (χ1) is 38.4. The van der Waals surface area contributed by atoms with E-state index in [1.54, 1.807) is 62.3 Å². The van der Waals surface area contributed by atoms with E-state index in [0.717, 1.165) is 0 Å². The third-order valence-corrected chi connectivity index (χ3v) is 16.2. The van der Waals surface area contributed by atoms with Gasteiger partial charge in [0, 0.05) is 36.7 Å². The summed E-state index contributed by atoms with van der Waals surface area (Å²) < 4.78 is 121. The number of aromatic nitrogens is 6. The lowest BCUT2D eigenvalue weighted by atomic mass is 10.1. The van der Waals surface area contributed by atoms with Crippen molar-refractivity contribution in [1.82, 2.24) is 29.3 Å². The number of ether oxygens (including phenoxy) is 3. The first kappa shape index (κ1) is 66.8. The fourth-order valence-electron chi connectivity index (χ4n) is 7.01. The van der Waals surface area contributed by atoms with Crippen LogP contribution < -0.4 is 31.9 Å². The highest BCUT2D eigenvalue weighted by atomic mass is 32.2. The van der Waals surface area contributed by atoms with E-state index in [0.29, 0.717) is 29.9 Å². The number of hydrogen-bond donors (Lipinski definition) is 2. The van der Waals surface area contributed by atoms with Crippen LogP contribution in [0.1, 0.15) is 110 Å². The van der Waals surface area contributed by atoms with Crippen LogP contribution in [0.4, 0.5) is 8.78 Å². The maximum Gasteiger partial charge on any atom is 0.306 e. The van der Waals surface area contributed by atoms with Crippen LogP contribution in [0.15, 0.2) is 162 Å². The summed E-state index contributed by atoms with van der Waals surface area (Å²) in [5.74, 6) is -0.678. The normalized spacial score (nSPS) is 12.3. The van der Waals surface area contributed by atoms with Gasteiger partial charge in [-0.2, -0.15) is 15.3 Å². The van der Waals surface area contributed by atoms with E-state index >= 15 is 0 Å². The fourth-order valence-corrected chi connectivity index (χ4v) is 10.8. The summed E-state index contributed by atoms with van der Waals surface area (Å²) in [5.41, 5.74) is 5.29. The quantitative estimate of drug-likeness (QED) is 0.0617. The van der Waals surface area contributed by atoms with E-state index in [1.807, 2.05) is 0 Å². The van der Waals surface area contributed by atoms with Crippen molar-refractivity contribution in [2.45, 2.75) is 131 Å². The molecule has 0 fully saturated rings. The highest BCUT2D eigenvalue weighted by Crippen LogP contribution is 2.23. The second-order valence-electron chi connectivity index (χ2n) is 20.2. The summed E-state index contributed by atoms with van der Waals surface area (Å²) in [4.78, 5) is 47.2. The van der Waals surface area contributed by atoms with Crippen molar-refractivity contribution in [2.24, 2.45) is 5.73 Å². The van der Waals surface area contributed by atoms with Gasteiger partial charge in [0.25, 0.3) is 16.7 Å². The molecule has 21 nitrogen and oxygen atoms in total. The number of aromatic hydroxyl groups is 1. The van der Waals surface area contributed by atoms with Crippen molar-refractivity contribution >= 4 is 35.5 Å². The van der Waals surface area contributed by atoms with Gasteiger partial charge in [-0.05, 0) is 165 Å². The van der Waals surface area contributed by atoms with Gasteiger partial charge < -0.3 is 25.1 Å². The minimum atomic E-state index is -3.71. The van der Waals surface area contributed by atoms with Crippen molar-refractivity contribution in [3.8, 4) is 17.2 Å². The summed E-state index contributed by atoms with van der Waals surface area (Å²) in [6.45, 7) is 15.9. The number of nitrogens with two attached hydrogens (primary N) is 1. The first-order valence-electron chi connectivity index (χ1n) is 25.5. The molecule has 0 spiro atoms. The Bertz CT molecular complexity index is 3710. The number of phenolic OH excluding ortho intramolecular Hbond substituents is 1. The highest BCUT2D eigenvalue weighted by molar-refractivity contribution is 7.91. The molecule has 0 saturated heterocycles. The largest absolute Gasteiger partial charge is 0.508 e. The maximum atomic E-state index is 13.2. The zero-order valence-electron chi connectivity index (χ0n) is 46.9.